The molecule has 0 bridgehead atoms. The molecule has 0 aliphatic rings. The predicted octanol–water partition coefficient (Wildman–Crippen LogP) is 8.27. The molecule has 5 aromatic carbocycles. The third-order valence-electron chi connectivity index (χ3n) is 9.60. The normalized spacial score (nSPS) is 11.5. The summed E-state index contributed by atoms with van der Waals surface area (Å²) in [5.41, 5.74) is -13.2. The van der Waals surface area contributed by atoms with Crippen molar-refractivity contribution >= 4 is 39.7 Å². The summed E-state index contributed by atoms with van der Waals surface area (Å²) in [6, 6.07) is 12.4. The maximum absolute atomic E-state index is 15.4. The SMILES string of the molecule is CC(C)OC(=O)c1cc[n+](CC(=O)c2ccccc2)cc1.Fc1c(F)c(F)c([B-](c2c(F)c(F)c(F)c(F)c2F)(c2c(F)c(F)c(F)c(F)c2F)c2c(F)c(F)c(F)c(F)c2F)c(F)c1F. The second kappa shape index (κ2) is 18.9. The Hall–Kier alpha value is -6.95. The molecule has 0 aliphatic carbocycles. The number of hydrogen-bond donors (Lipinski definition) is 0. The minimum absolute atomic E-state index is 0.0260. The van der Waals surface area contributed by atoms with Crippen LogP contribution in [0, 0.1) is 116 Å². The van der Waals surface area contributed by atoms with Gasteiger partial charge in [0.15, 0.2) is 82.2 Å². The first-order valence-corrected chi connectivity index (χ1v) is 17.8. The standard InChI is InChI=1S/C24BF20.C17H18NO3/c26-5-1(6(27)14(35)21(42)13(5)34)25(2-7(28)15(36)22(43)16(37)8(2)29,3-9(30)17(38)23(44)18(39)10(3)31)4-11(32)19(40)24(45)20(41)12(4)33;1-13(2)21-17(20)15-8-10-18(11-9-15)12-16(19)14-6-4-3-5-7-14/h;3-11,13H,12H2,1-2H3/q-1;+1. The monoisotopic (exact) mass is 963 g/mol. The maximum Gasteiger partial charge on any atom is 0.338 e. The highest BCUT2D eigenvalue weighted by atomic mass is 19.2. The van der Waals surface area contributed by atoms with E-state index in [2.05, 4.69) is 0 Å². The van der Waals surface area contributed by atoms with Crippen LogP contribution < -0.4 is 26.4 Å². The molecule has 0 radical (unpaired) electrons. The summed E-state index contributed by atoms with van der Waals surface area (Å²) in [5, 5.41) is 0. The van der Waals surface area contributed by atoms with E-state index in [0.717, 1.165) is 0 Å². The number of pyridine rings is 1. The van der Waals surface area contributed by atoms with Gasteiger partial charge in [-0.3, -0.25) is 4.79 Å². The van der Waals surface area contributed by atoms with Gasteiger partial charge in [-0.05, 0) is 13.8 Å². The highest BCUT2D eigenvalue weighted by molar-refractivity contribution is 7.20. The Balaban J connectivity index is 0.000000324. The summed E-state index contributed by atoms with van der Waals surface area (Å²) in [5.74, 6) is -71.7. The third kappa shape index (κ3) is 8.29. The van der Waals surface area contributed by atoms with E-state index in [0.29, 0.717) is 11.1 Å². The van der Waals surface area contributed by atoms with Gasteiger partial charge in [-0.1, -0.05) is 30.3 Å². The molecule has 0 atom stereocenters. The van der Waals surface area contributed by atoms with Crippen molar-refractivity contribution in [2.24, 2.45) is 0 Å². The number of ether oxygens (including phenoxy) is 1. The van der Waals surface area contributed by atoms with Gasteiger partial charge in [0.2, 0.25) is 12.3 Å². The van der Waals surface area contributed by atoms with E-state index in [1.165, 1.54) is 0 Å². The Kier molecular flexibility index (Phi) is 14.3. The summed E-state index contributed by atoms with van der Waals surface area (Å²) in [7, 11) is 0. The molecule has 0 unspecified atom stereocenters. The number of carbonyl (C=O) groups excluding carboxylic acids is 2. The molecule has 0 amide bonds. The molecular weight excluding hydrogens is 945 g/mol. The van der Waals surface area contributed by atoms with E-state index in [4.69, 9.17) is 4.74 Å². The molecule has 4 nitrogen and oxygen atoms in total. The fourth-order valence-electron chi connectivity index (χ4n) is 6.74. The first-order chi connectivity index (χ1) is 30.8. The van der Waals surface area contributed by atoms with Gasteiger partial charge in [-0.2, -0.15) is 4.57 Å². The number of rotatable bonds is 9. The van der Waals surface area contributed by atoms with Crippen LogP contribution in [0.15, 0.2) is 54.9 Å². The van der Waals surface area contributed by atoms with Gasteiger partial charge in [0, 0.05) is 17.7 Å². The molecule has 0 aliphatic heterocycles. The largest absolute Gasteiger partial charge is 0.459 e. The van der Waals surface area contributed by atoms with E-state index in [-0.39, 0.29) is 24.4 Å². The first kappa shape index (κ1) is 50.1. The fraction of sp³-hybridized carbons (Fsp3) is 0.0976. The lowest BCUT2D eigenvalue weighted by atomic mass is 9.12. The van der Waals surface area contributed by atoms with Gasteiger partial charge in [0.25, 0.3) is 0 Å². The highest BCUT2D eigenvalue weighted by Gasteiger charge is 2.52. The zero-order valence-corrected chi connectivity index (χ0v) is 32.3. The molecule has 6 aromatic rings. The summed E-state index contributed by atoms with van der Waals surface area (Å²) < 4.78 is 301. The van der Waals surface area contributed by atoms with Crippen molar-refractivity contribution in [1.29, 1.82) is 0 Å². The van der Waals surface area contributed by atoms with Crippen molar-refractivity contribution in [2.45, 2.75) is 26.5 Å². The number of esters is 1. The van der Waals surface area contributed by atoms with Crippen LogP contribution in [-0.4, -0.2) is 24.0 Å². The maximum atomic E-state index is 15.4. The minimum Gasteiger partial charge on any atom is -0.459 e. The fourth-order valence-corrected chi connectivity index (χ4v) is 6.74. The van der Waals surface area contributed by atoms with Gasteiger partial charge >= 0.3 is 5.97 Å². The Morgan fingerprint density at radius 1 is 0.409 bits per heavy atom. The Bertz CT molecular complexity index is 2550. The number of hydrogen-bond acceptors (Lipinski definition) is 3. The molecule has 0 N–H and O–H groups in total. The van der Waals surface area contributed by atoms with Gasteiger partial charge in [-0.15, -0.1) is 21.9 Å². The number of benzene rings is 5. The van der Waals surface area contributed by atoms with E-state index in [1.54, 1.807) is 55.1 Å². The minimum atomic E-state index is -7.22. The molecule has 6 rings (SSSR count). The number of Topliss-reactive ketones (excluding diaryl/α,β-unsaturated/α-hetero) is 1. The summed E-state index contributed by atoms with van der Waals surface area (Å²) >= 11 is 0. The van der Waals surface area contributed by atoms with Crippen LogP contribution in [0.5, 0.6) is 0 Å². The van der Waals surface area contributed by atoms with E-state index >= 15 is 35.1 Å². The van der Waals surface area contributed by atoms with Gasteiger partial charge in [-0.25, -0.2) is 92.6 Å². The Morgan fingerprint density at radius 2 is 0.667 bits per heavy atom. The number of halogens is 20. The summed E-state index contributed by atoms with van der Waals surface area (Å²) in [6.07, 6.45) is -3.95. The molecule has 348 valence electrons. The summed E-state index contributed by atoms with van der Waals surface area (Å²) in [6.45, 7) is 3.85. The molecular formula is C41H18BF20NO3. The molecule has 0 spiro atoms. The van der Waals surface area contributed by atoms with E-state index in [9.17, 15) is 62.3 Å². The van der Waals surface area contributed by atoms with Crippen LogP contribution in [0.3, 0.4) is 0 Å². The topological polar surface area (TPSA) is 47.2 Å². The van der Waals surface area contributed by atoms with Crippen LogP contribution in [0.4, 0.5) is 87.8 Å². The van der Waals surface area contributed by atoms with Crippen molar-refractivity contribution < 1.29 is 107 Å². The first-order valence-electron chi connectivity index (χ1n) is 17.8. The third-order valence-corrected chi connectivity index (χ3v) is 9.60. The highest BCUT2D eigenvalue weighted by Crippen LogP contribution is 2.30. The lowest BCUT2D eigenvalue weighted by Crippen LogP contribution is -2.81. The lowest BCUT2D eigenvalue weighted by molar-refractivity contribution is -0.683. The zero-order chi connectivity index (χ0) is 49.6. The molecule has 25 heteroatoms. The van der Waals surface area contributed by atoms with Gasteiger partial charge < -0.3 is 4.74 Å². The molecule has 1 heterocycles. The smallest absolute Gasteiger partial charge is 0.338 e. The predicted molar refractivity (Wildman–Crippen MR) is 187 cm³/mol. The summed E-state index contributed by atoms with van der Waals surface area (Å²) in [4.78, 5) is 23.8. The second-order valence-corrected chi connectivity index (χ2v) is 13.8. The Morgan fingerprint density at radius 3 is 0.924 bits per heavy atom. The van der Waals surface area contributed by atoms with Gasteiger partial charge in [0.05, 0.1) is 11.7 Å². The van der Waals surface area contributed by atoms with Crippen LogP contribution in [-0.2, 0) is 11.3 Å². The average Bonchev–Trinajstić information content (AvgIpc) is 3.29. The quantitative estimate of drug-likeness (QED) is 0.0279. The van der Waals surface area contributed by atoms with Crippen molar-refractivity contribution in [1.82, 2.24) is 0 Å². The number of ketones is 1. The van der Waals surface area contributed by atoms with Crippen LogP contribution in [0.1, 0.15) is 34.6 Å². The lowest BCUT2D eigenvalue weighted by Gasteiger charge is -2.44. The van der Waals surface area contributed by atoms with Crippen molar-refractivity contribution in [3.05, 3.63) is 182 Å². The zero-order valence-electron chi connectivity index (χ0n) is 32.3. The number of nitrogens with zero attached hydrogens (tertiary/aromatic N) is 1. The van der Waals surface area contributed by atoms with Crippen LogP contribution in [0.2, 0.25) is 0 Å². The molecule has 0 saturated carbocycles. The number of aromatic nitrogens is 1. The van der Waals surface area contributed by atoms with Crippen LogP contribution in [0.25, 0.3) is 0 Å². The second-order valence-electron chi connectivity index (χ2n) is 13.8. The average molecular weight is 963 g/mol. The molecule has 66 heavy (non-hydrogen) atoms. The van der Waals surface area contributed by atoms with Crippen LogP contribution >= 0.6 is 0 Å². The van der Waals surface area contributed by atoms with Crippen molar-refractivity contribution in [3.8, 4) is 0 Å². The van der Waals surface area contributed by atoms with Gasteiger partial charge in [0.1, 0.15) is 52.7 Å². The van der Waals surface area contributed by atoms with E-state index < -0.39 is 144 Å². The molecule has 0 fully saturated rings. The van der Waals surface area contributed by atoms with E-state index in [1.807, 2.05) is 18.2 Å². The van der Waals surface area contributed by atoms with Crippen molar-refractivity contribution in [3.63, 3.8) is 0 Å². The molecule has 1 aromatic heterocycles. The molecule has 0 saturated heterocycles. The Labute approximate surface area is 355 Å². The van der Waals surface area contributed by atoms with Crippen molar-refractivity contribution in [2.75, 3.05) is 0 Å². The number of carbonyl (C=O) groups is 2.